The van der Waals surface area contributed by atoms with Crippen molar-refractivity contribution in [3.8, 4) is 0 Å². The number of hydrogen-bond acceptors (Lipinski definition) is 6. The Bertz CT molecular complexity index is 495. The van der Waals surface area contributed by atoms with Crippen molar-refractivity contribution in [3.05, 3.63) is 11.9 Å². The SMILES string of the molecule is CCc1c(NN)ncnc1N1CCC(O)(C(F)(F)F)C1. The summed E-state index contributed by atoms with van der Waals surface area (Å²) in [4.78, 5) is 9.37. The van der Waals surface area contributed by atoms with E-state index in [4.69, 9.17) is 5.84 Å². The molecule has 1 unspecified atom stereocenters. The maximum Gasteiger partial charge on any atom is 0.418 e. The fraction of sp³-hybridized carbons (Fsp3) is 0.636. The first-order chi connectivity index (χ1) is 9.32. The molecule has 0 radical (unpaired) electrons. The Kier molecular flexibility index (Phi) is 3.74. The third-order valence-electron chi connectivity index (χ3n) is 3.49. The predicted molar refractivity (Wildman–Crippen MR) is 67.1 cm³/mol. The van der Waals surface area contributed by atoms with E-state index in [1.807, 2.05) is 6.92 Å². The minimum Gasteiger partial charge on any atom is -0.379 e. The molecule has 1 aliphatic rings. The van der Waals surface area contributed by atoms with Crippen LogP contribution in [0.5, 0.6) is 0 Å². The summed E-state index contributed by atoms with van der Waals surface area (Å²) in [7, 11) is 0. The molecule has 1 atom stereocenters. The minimum absolute atomic E-state index is 0.0734. The lowest BCUT2D eigenvalue weighted by Crippen LogP contribution is -2.47. The molecule has 4 N–H and O–H groups in total. The summed E-state index contributed by atoms with van der Waals surface area (Å²) < 4.78 is 38.5. The lowest BCUT2D eigenvalue weighted by atomic mass is 10.0. The molecule has 0 spiro atoms. The molecule has 20 heavy (non-hydrogen) atoms. The van der Waals surface area contributed by atoms with Crippen molar-refractivity contribution < 1.29 is 18.3 Å². The van der Waals surface area contributed by atoms with Gasteiger partial charge in [0.1, 0.15) is 18.0 Å². The Morgan fingerprint density at radius 3 is 2.70 bits per heavy atom. The summed E-state index contributed by atoms with van der Waals surface area (Å²) in [6, 6.07) is 0. The largest absolute Gasteiger partial charge is 0.418 e. The van der Waals surface area contributed by atoms with Gasteiger partial charge in [0.05, 0.1) is 6.54 Å². The molecule has 1 aliphatic heterocycles. The number of alkyl halides is 3. The van der Waals surface area contributed by atoms with Crippen LogP contribution in [-0.2, 0) is 6.42 Å². The van der Waals surface area contributed by atoms with Crippen LogP contribution in [-0.4, -0.2) is 39.9 Å². The Morgan fingerprint density at radius 1 is 1.50 bits per heavy atom. The molecule has 0 amide bonds. The number of nitrogens with one attached hydrogen (secondary N) is 1. The van der Waals surface area contributed by atoms with E-state index in [-0.39, 0.29) is 13.0 Å². The average molecular weight is 291 g/mol. The fourth-order valence-electron chi connectivity index (χ4n) is 2.33. The number of hydrazine groups is 1. The number of anilines is 2. The van der Waals surface area contributed by atoms with Crippen molar-refractivity contribution in [1.29, 1.82) is 0 Å². The molecule has 0 bridgehead atoms. The lowest BCUT2D eigenvalue weighted by molar-refractivity contribution is -0.250. The zero-order valence-electron chi connectivity index (χ0n) is 10.9. The molecule has 1 aromatic heterocycles. The highest BCUT2D eigenvalue weighted by atomic mass is 19.4. The highest BCUT2D eigenvalue weighted by Crippen LogP contribution is 2.39. The maximum absolute atomic E-state index is 12.8. The first-order valence-electron chi connectivity index (χ1n) is 6.17. The molecule has 0 aromatic carbocycles. The summed E-state index contributed by atoms with van der Waals surface area (Å²) in [6.45, 7) is 1.36. The van der Waals surface area contributed by atoms with Crippen LogP contribution < -0.4 is 16.2 Å². The van der Waals surface area contributed by atoms with Gasteiger partial charge >= 0.3 is 6.18 Å². The van der Waals surface area contributed by atoms with Crippen LogP contribution in [0.3, 0.4) is 0 Å². The van der Waals surface area contributed by atoms with Crippen molar-refractivity contribution >= 4 is 11.6 Å². The molecular formula is C11H16F3N5O. The van der Waals surface area contributed by atoms with Crippen LogP contribution in [0.2, 0.25) is 0 Å². The molecule has 1 saturated heterocycles. The van der Waals surface area contributed by atoms with Crippen LogP contribution in [0, 0.1) is 0 Å². The van der Waals surface area contributed by atoms with Gasteiger partial charge in [-0.2, -0.15) is 13.2 Å². The van der Waals surface area contributed by atoms with Crippen LogP contribution in [0.1, 0.15) is 18.9 Å². The lowest BCUT2D eigenvalue weighted by Gasteiger charge is -2.27. The average Bonchev–Trinajstić information content (AvgIpc) is 2.81. The minimum atomic E-state index is -4.66. The van der Waals surface area contributed by atoms with Gasteiger partial charge in [-0.05, 0) is 6.42 Å². The Morgan fingerprint density at radius 2 is 2.20 bits per heavy atom. The molecule has 6 nitrogen and oxygen atoms in total. The first-order valence-corrected chi connectivity index (χ1v) is 6.17. The number of aliphatic hydroxyl groups is 1. The number of aromatic nitrogens is 2. The molecule has 112 valence electrons. The smallest absolute Gasteiger partial charge is 0.379 e. The molecule has 1 fully saturated rings. The van der Waals surface area contributed by atoms with Gasteiger partial charge in [0, 0.05) is 18.5 Å². The second-order valence-electron chi connectivity index (χ2n) is 4.72. The number of nitrogens with two attached hydrogens (primary N) is 1. The van der Waals surface area contributed by atoms with Gasteiger partial charge in [-0.1, -0.05) is 6.92 Å². The van der Waals surface area contributed by atoms with E-state index in [0.29, 0.717) is 23.6 Å². The second kappa shape index (κ2) is 5.06. The van der Waals surface area contributed by atoms with Crippen molar-refractivity contribution in [2.75, 3.05) is 23.4 Å². The van der Waals surface area contributed by atoms with E-state index in [1.165, 1.54) is 11.2 Å². The number of hydrogen-bond donors (Lipinski definition) is 3. The zero-order valence-corrected chi connectivity index (χ0v) is 10.9. The van der Waals surface area contributed by atoms with Crippen molar-refractivity contribution in [1.82, 2.24) is 9.97 Å². The van der Waals surface area contributed by atoms with Gasteiger partial charge in [0.25, 0.3) is 0 Å². The van der Waals surface area contributed by atoms with Gasteiger partial charge in [-0.15, -0.1) is 0 Å². The van der Waals surface area contributed by atoms with E-state index in [2.05, 4.69) is 15.4 Å². The molecule has 1 aromatic rings. The Balaban J connectivity index is 2.31. The molecule has 2 heterocycles. The van der Waals surface area contributed by atoms with Crippen LogP contribution in [0.15, 0.2) is 6.33 Å². The van der Waals surface area contributed by atoms with E-state index in [9.17, 15) is 18.3 Å². The van der Waals surface area contributed by atoms with Crippen molar-refractivity contribution in [3.63, 3.8) is 0 Å². The number of rotatable bonds is 3. The predicted octanol–water partition coefficient (Wildman–Crippen LogP) is 0.828. The summed E-state index contributed by atoms with van der Waals surface area (Å²) in [5, 5.41) is 9.70. The summed E-state index contributed by atoms with van der Waals surface area (Å²) >= 11 is 0. The van der Waals surface area contributed by atoms with Crippen LogP contribution in [0.25, 0.3) is 0 Å². The standard InChI is InChI=1S/C11H16F3N5O/c1-2-7-8(18-15)16-6-17-9(7)19-4-3-10(20,5-19)11(12,13)14/h6,20H,2-5,15H2,1H3,(H,16,17,18). The fourth-order valence-corrected chi connectivity index (χ4v) is 2.33. The summed E-state index contributed by atoms with van der Waals surface area (Å²) in [6.07, 6.45) is -3.30. The maximum atomic E-state index is 12.8. The van der Waals surface area contributed by atoms with Gasteiger partial charge in [0.15, 0.2) is 5.60 Å². The summed E-state index contributed by atoms with van der Waals surface area (Å²) in [5.41, 5.74) is 0.330. The number of nitrogens with zero attached hydrogens (tertiary/aromatic N) is 3. The molecule has 9 heteroatoms. The number of β-amino-alcohol motifs (C(OH)–C–C–N with tert-alkyl or cyclic N) is 1. The molecule has 0 saturated carbocycles. The topological polar surface area (TPSA) is 87.3 Å². The highest BCUT2D eigenvalue weighted by molar-refractivity contribution is 5.59. The van der Waals surface area contributed by atoms with Crippen molar-refractivity contribution in [2.24, 2.45) is 5.84 Å². The second-order valence-corrected chi connectivity index (χ2v) is 4.72. The number of nitrogen functional groups attached to an aromatic ring is 1. The highest BCUT2D eigenvalue weighted by Gasteiger charge is 2.57. The number of halogens is 3. The van der Waals surface area contributed by atoms with Gasteiger partial charge in [0.2, 0.25) is 0 Å². The monoisotopic (exact) mass is 291 g/mol. The van der Waals surface area contributed by atoms with E-state index in [0.717, 1.165) is 0 Å². The molecule has 0 aliphatic carbocycles. The van der Waals surface area contributed by atoms with Crippen LogP contribution >= 0.6 is 0 Å². The zero-order chi connectivity index (χ0) is 15.0. The Labute approximate surface area is 113 Å². The van der Waals surface area contributed by atoms with Gasteiger partial charge < -0.3 is 15.4 Å². The van der Waals surface area contributed by atoms with Gasteiger partial charge in [-0.25, -0.2) is 15.8 Å². The van der Waals surface area contributed by atoms with E-state index >= 15 is 0 Å². The quantitative estimate of drug-likeness (QED) is 0.565. The van der Waals surface area contributed by atoms with Crippen LogP contribution in [0.4, 0.5) is 24.8 Å². The Hall–Kier alpha value is -1.61. The third kappa shape index (κ3) is 2.38. The molecule has 2 rings (SSSR count). The first kappa shape index (κ1) is 14.8. The summed E-state index contributed by atoms with van der Waals surface area (Å²) in [5.74, 6) is 6.07. The van der Waals surface area contributed by atoms with Crippen molar-refractivity contribution in [2.45, 2.75) is 31.5 Å². The molecular weight excluding hydrogens is 275 g/mol. The van der Waals surface area contributed by atoms with E-state index in [1.54, 1.807) is 0 Å². The normalized spacial score (nSPS) is 23.2. The van der Waals surface area contributed by atoms with Gasteiger partial charge in [-0.3, -0.25) is 0 Å². The third-order valence-corrected chi connectivity index (χ3v) is 3.49. The van der Waals surface area contributed by atoms with E-state index < -0.39 is 18.3 Å².